The lowest BCUT2D eigenvalue weighted by Gasteiger charge is -2.06. The molecule has 0 saturated carbocycles. The molecule has 3 rings (SSSR count). The number of aromatic carboxylic acids is 1. The SMILES string of the molecule is COc1ccc(F)cc1-c1csc(Nc2ccc(C(=O)[O-])cc2)n1. The van der Waals surface area contributed by atoms with E-state index in [-0.39, 0.29) is 11.4 Å². The van der Waals surface area contributed by atoms with Crippen LogP contribution in [0.4, 0.5) is 15.2 Å². The Morgan fingerprint density at radius 3 is 2.67 bits per heavy atom. The highest BCUT2D eigenvalue weighted by atomic mass is 32.1. The molecule has 2 aromatic carbocycles. The molecule has 1 N–H and O–H groups in total. The third-order valence-corrected chi connectivity index (χ3v) is 4.07. The van der Waals surface area contributed by atoms with Crippen molar-refractivity contribution in [2.75, 3.05) is 12.4 Å². The Hall–Kier alpha value is -2.93. The van der Waals surface area contributed by atoms with Crippen LogP contribution in [0.3, 0.4) is 0 Å². The van der Waals surface area contributed by atoms with E-state index in [2.05, 4.69) is 10.3 Å². The number of hydrogen-bond acceptors (Lipinski definition) is 6. The number of aromatic nitrogens is 1. The third-order valence-electron chi connectivity index (χ3n) is 3.31. The van der Waals surface area contributed by atoms with E-state index in [1.807, 2.05) is 0 Å². The molecule has 0 spiro atoms. The number of carbonyl (C=O) groups excluding carboxylic acids is 1. The molecule has 1 heterocycles. The van der Waals surface area contributed by atoms with E-state index in [0.29, 0.717) is 27.8 Å². The summed E-state index contributed by atoms with van der Waals surface area (Å²) in [5.41, 5.74) is 1.94. The van der Waals surface area contributed by atoms with Gasteiger partial charge in [0, 0.05) is 16.6 Å². The summed E-state index contributed by atoms with van der Waals surface area (Å²) in [7, 11) is 1.52. The quantitative estimate of drug-likeness (QED) is 0.771. The molecule has 7 heteroatoms. The van der Waals surface area contributed by atoms with E-state index >= 15 is 0 Å². The third kappa shape index (κ3) is 3.36. The summed E-state index contributed by atoms with van der Waals surface area (Å²) in [5, 5.41) is 16.2. The number of halogens is 1. The van der Waals surface area contributed by atoms with Crippen LogP contribution in [0.5, 0.6) is 5.75 Å². The summed E-state index contributed by atoms with van der Waals surface area (Å²) in [6.07, 6.45) is 0. The Kier molecular flexibility index (Phi) is 4.43. The first-order valence-electron chi connectivity index (χ1n) is 6.94. The largest absolute Gasteiger partial charge is 0.545 e. The fraction of sp³-hybridized carbons (Fsp3) is 0.0588. The van der Waals surface area contributed by atoms with Crippen LogP contribution in [-0.4, -0.2) is 18.1 Å². The minimum atomic E-state index is -1.23. The summed E-state index contributed by atoms with van der Waals surface area (Å²) >= 11 is 1.35. The van der Waals surface area contributed by atoms with Gasteiger partial charge in [-0.25, -0.2) is 9.37 Å². The number of hydrogen-bond donors (Lipinski definition) is 1. The first-order valence-corrected chi connectivity index (χ1v) is 7.82. The van der Waals surface area contributed by atoms with Crippen molar-refractivity contribution in [3.05, 3.63) is 59.2 Å². The van der Waals surface area contributed by atoms with Crippen molar-refractivity contribution in [1.82, 2.24) is 4.98 Å². The van der Waals surface area contributed by atoms with E-state index in [1.54, 1.807) is 23.6 Å². The van der Waals surface area contributed by atoms with E-state index < -0.39 is 5.97 Å². The van der Waals surface area contributed by atoms with Gasteiger partial charge in [-0.3, -0.25) is 0 Å². The van der Waals surface area contributed by atoms with Crippen LogP contribution in [-0.2, 0) is 0 Å². The van der Waals surface area contributed by atoms with Gasteiger partial charge >= 0.3 is 0 Å². The smallest absolute Gasteiger partial charge is 0.187 e. The molecule has 0 bridgehead atoms. The fourth-order valence-corrected chi connectivity index (χ4v) is 2.88. The molecule has 0 amide bonds. The number of anilines is 2. The van der Waals surface area contributed by atoms with Gasteiger partial charge < -0.3 is 20.0 Å². The van der Waals surface area contributed by atoms with Crippen molar-refractivity contribution in [3.8, 4) is 17.0 Å². The predicted molar refractivity (Wildman–Crippen MR) is 88.1 cm³/mol. The summed E-state index contributed by atoms with van der Waals surface area (Å²) in [4.78, 5) is 15.1. The van der Waals surface area contributed by atoms with Crippen LogP contribution in [0.1, 0.15) is 10.4 Å². The lowest BCUT2D eigenvalue weighted by molar-refractivity contribution is -0.255. The predicted octanol–water partition coefficient (Wildman–Crippen LogP) is 3.06. The molecule has 0 aliphatic heterocycles. The zero-order valence-corrected chi connectivity index (χ0v) is 13.4. The maximum Gasteiger partial charge on any atom is 0.187 e. The topological polar surface area (TPSA) is 74.3 Å². The number of nitrogens with zero attached hydrogens (tertiary/aromatic N) is 1. The number of nitrogens with one attached hydrogen (secondary N) is 1. The van der Waals surface area contributed by atoms with Crippen molar-refractivity contribution in [2.24, 2.45) is 0 Å². The van der Waals surface area contributed by atoms with Crippen LogP contribution >= 0.6 is 11.3 Å². The van der Waals surface area contributed by atoms with E-state index in [0.717, 1.165) is 0 Å². The molecule has 0 fully saturated rings. The number of benzene rings is 2. The van der Waals surface area contributed by atoms with Gasteiger partial charge in [0.1, 0.15) is 11.6 Å². The second-order valence-electron chi connectivity index (χ2n) is 4.87. The van der Waals surface area contributed by atoms with Crippen LogP contribution < -0.4 is 15.2 Å². The number of carboxylic acid groups (broad SMARTS) is 1. The molecule has 0 unspecified atom stereocenters. The molecule has 5 nitrogen and oxygen atoms in total. The van der Waals surface area contributed by atoms with Crippen molar-refractivity contribution in [2.45, 2.75) is 0 Å². The molecular formula is C17H12FN2O3S-. The molecule has 0 aliphatic carbocycles. The molecule has 0 saturated heterocycles. The lowest BCUT2D eigenvalue weighted by atomic mass is 10.1. The number of rotatable bonds is 5. The van der Waals surface area contributed by atoms with Gasteiger partial charge in [-0.2, -0.15) is 0 Å². The highest BCUT2D eigenvalue weighted by Gasteiger charge is 2.11. The molecular weight excluding hydrogens is 331 g/mol. The van der Waals surface area contributed by atoms with Crippen molar-refractivity contribution in [1.29, 1.82) is 0 Å². The van der Waals surface area contributed by atoms with Crippen molar-refractivity contribution < 1.29 is 19.0 Å². The van der Waals surface area contributed by atoms with Crippen LogP contribution in [0.15, 0.2) is 47.8 Å². The first-order chi connectivity index (χ1) is 11.6. The molecule has 0 radical (unpaired) electrons. The minimum Gasteiger partial charge on any atom is -0.545 e. The summed E-state index contributed by atoms with van der Waals surface area (Å²) in [5.74, 6) is -1.06. The van der Waals surface area contributed by atoms with Gasteiger partial charge in [-0.05, 0) is 35.9 Å². The Balaban J connectivity index is 1.83. The Labute approximate surface area is 141 Å². The van der Waals surface area contributed by atoms with Gasteiger partial charge in [0.25, 0.3) is 0 Å². The average Bonchev–Trinajstić information content (AvgIpc) is 3.03. The molecule has 122 valence electrons. The zero-order chi connectivity index (χ0) is 17.1. The normalized spacial score (nSPS) is 10.4. The number of carboxylic acids is 1. The summed E-state index contributed by atoms with van der Waals surface area (Å²) < 4.78 is 18.7. The lowest BCUT2D eigenvalue weighted by Crippen LogP contribution is -2.21. The maximum atomic E-state index is 13.5. The standard InChI is InChI=1S/C17H13FN2O3S/c1-23-15-7-4-11(18)8-13(15)14-9-24-17(20-14)19-12-5-2-10(3-6-12)16(21)22/h2-9H,1H3,(H,19,20)(H,21,22)/p-1. The molecule has 1 aromatic heterocycles. The Morgan fingerprint density at radius 1 is 1.25 bits per heavy atom. The van der Waals surface area contributed by atoms with Crippen molar-refractivity contribution >= 4 is 28.1 Å². The fourth-order valence-electron chi connectivity index (χ4n) is 2.15. The first kappa shape index (κ1) is 15.9. The molecule has 3 aromatic rings. The van der Waals surface area contributed by atoms with Gasteiger partial charge in [0.15, 0.2) is 5.13 Å². The second-order valence-corrected chi connectivity index (χ2v) is 5.73. The summed E-state index contributed by atoms with van der Waals surface area (Å²) in [6.45, 7) is 0. The van der Waals surface area contributed by atoms with Crippen LogP contribution in [0.25, 0.3) is 11.3 Å². The van der Waals surface area contributed by atoms with Gasteiger partial charge in [-0.15, -0.1) is 11.3 Å². The van der Waals surface area contributed by atoms with Gasteiger partial charge in [0.2, 0.25) is 0 Å². The zero-order valence-electron chi connectivity index (χ0n) is 12.6. The molecule has 0 aliphatic rings. The summed E-state index contributed by atoms with van der Waals surface area (Å²) in [6, 6.07) is 10.4. The van der Waals surface area contributed by atoms with Gasteiger partial charge in [0.05, 0.1) is 18.8 Å². The van der Waals surface area contributed by atoms with Crippen molar-refractivity contribution in [3.63, 3.8) is 0 Å². The Bertz CT molecular complexity index is 878. The minimum absolute atomic E-state index is 0.102. The number of carbonyl (C=O) groups is 1. The second kappa shape index (κ2) is 6.67. The van der Waals surface area contributed by atoms with Crippen LogP contribution in [0, 0.1) is 5.82 Å². The monoisotopic (exact) mass is 343 g/mol. The molecule has 24 heavy (non-hydrogen) atoms. The Morgan fingerprint density at radius 2 is 2.00 bits per heavy atom. The van der Waals surface area contributed by atoms with E-state index in [1.165, 1.54) is 42.7 Å². The van der Waals surface area contributed by atoms with Gasteiger partial charge in [-0.1, -0.05) is 12.1 Å². The van der Waals surface area contributed by atoms with E-state index in [9.17, 15) is 14.3 Å². The van der Waals surface area contributed by atoms with Crippen LogP contribution in [0.2, 0.25) is 0 Å². The molecule has 0 atom stereocenters. The number of ether oxygens (including phenoxy) is 1. The maximum absolute atomic E-state index is 13.5. The highest BCUT2D eigenvalue weighted by molar-refractivity contribution is 7.14. The van der Waals surface area contributed by atoms with E-state index in [4.69, 9.17) is 4.74 Å². The average molecular weight is 343 g/mol. The number of methoxy groups -OCH3 is 1. The number of thiazole rings is 1. The highest BCUT2D eigenvalue weighted by Crippen LogP contribution is 2.33.